The smallest absolute Gasteiger partial charge is 0.339 e. The van der Waals surface area contributed by atoms with E-state index in [1.807, 2.05) is 6.92 Å². The van der Waals surface area contributed by atoms with Crippen LogP contribution in [0.15, 0.2) is 59.5 Å². The Balaban J connectivity index is 2.00. The van der Waals surface area contributed by atoms with E-state index in [2.05, 4.69) is 5.32 Å². The summed E-state index contributed by atoms with van der Waals surface area (Å²) in [6.45, 7) is 4.69. The zero-order valence-corrected chi connectivity index (χ0v) is 22.6. The van der Waals surface area contributed by atoms with Crippen molar-refractivity contribution < 1.29 is 22.7 Å². The van der Waals surface area contributed by atoms with Gasteiger partial charge < -0.3 is 10.1 Å². The predicted molar refractivity (Wildman–Crippen MR) is 141 cm³/mol. The van der Waals surface area contributed by atoms with Crippen molar-refractivity contribution in [3.05, 3.63) is 92.5 Å². The SMILES string of the molecule is COC(=O)c1ccccc1NC(=O)CN(Cc1ccc(Cl)c(Cl)c1)S(=O)(=O)c1c(C)cc(C)cc1C. The number of halogens is 2. The molecular weight excluding hydrogens is 523 g/mol. The molecule has 0 radical (unpaired) electrons. The zero-order valence-electron chi connectivity index (χ0n) is 20.3. The summed E-state index contributed by atoms with van der Waals surface area (Å²) in [6, 6.07) is 14.7. The number of aryl methyl sites for hydroxylation is 3. The van der Waals surface area contributed by atoms with Gasteiger partial charge in [-0.15, -0.1) is 0 Å². The van der Waals surface area contributed by atoms with Crippen LogP contribution >= 0.6 is 23.2 Å². The number of methoxy groups -OCH3 is 1. The summed E-state index contributed by atoms with van der Waals surface area (Å²) < 4.78 is 33.6. The second kappa shape index (κ2) is 11.4. The van der Waals surface area contributed by atoms with Gasteiger partial charge in [0.2, 0.25) is 15.9 Å². The first-order chi connectivity index (χ1) is 16.9. The maximum absolute atomic E-state index is 13.9. The highest BCUT2D eigenvalue weighted by molar-refractivity contribution is 7.89. The Bertz CT molecular complexity index is 1400. The summed E-state index contributed by atoms with van der Waals surface area (Å²) >= 11 is 12.2. The number of amides is 1. The molecule has 0 saturated heterocycles. The Hall–Kier alpha value is -2.91. The fourth-order valence-electron chi connectivity index (χ4n) is 4.00. The van der Waals surface area contributed by atoms with Gasteiger partial charge in [-0.3, -0.25) is 4.79 Å². The van der Waals surface area contributed by atoms with Crippen molar-refractivity contribution in [1.29, 1.82) is 0 Å². The van der Waals surface area contributed by atoms with Gasteiger partial charge in [0, 0.05) is 6.54 Å². The second-order valence-corrected chi connectivity index (χ2v) is 11.0. The monoisotopic (exact) mass is 548 g/mol. The van der Waals surface area contributed by atoms with Gasteiger partial charge >= 0.3 is 5.97 Å². The summed E-state index contributed by atoms with van der Waals surface area (Å²) in [7, 11) is -2.88. The van der Waals surface area contributed by atoms with E-state index < -0.39 is 28.4 Å². The summed E-state index contributed by atoms with van der Waals surface area (Å²) in [5, 5.41) is 3.23. The molecule has 0 aliphatic carbocycles. The summed E-state index contributed by atoms with van der Waals surface area (Å²) in [4.78, 5) is 25.3. The average Bonchev–Trinajstić information content (AvgIpc) is 2.80. The molecule has 0 bridgehead atoms. The number of nitrogens with zero attached hydrogens (tertiary/aromatic N) is 1. The average molecular weight is 549 g/mol. The molecule has 10 heteroatoms. The van der Waals surface area contributed by atoms with Gasteiger partial charge in [0.1, 0.15) is 0 Å². The van der Waals surface area contributed by atoms with Crippen LogP contribution in [0, 0.1) is 20.8 Å². The van der Waals surface area contributed by atoms with Gasteiger partial charge in [-0.25, -0.2) is 13.2 Å². The molecule has 3 aromatic rings. The molecule has 0 saturated carbocycles. The molecular formula is C26H26Cl2N2O5S. The number of rotatable bonds is 8. The predicted octanol–water partition coefficient (Wildman–Crippen LogP) is 5.53. The molecule has 0 heterocycles. The second-order valence-electron chi connectivity index (χ2n) is 8.33. The lowest BCUT2D eigenvalue weighted by atomic mass is 10.1. The summed E-state index contributed by atoms with van der Waals surface area (Å²) in [5.74, 6) is -1.26. The molecule has 3 aromatic carbocycles. The molecule has 1 amide bonds. The van der Waals surface area contributed by atoms with Crippen LogP contribution in [0.1, 0.15) is 32.6 Å². The van der Waals surface area contributed by atoms with Crippen LogP contribution in [0.2, 0.25) is 10.0 Å². The lowest BCUT2D eigenvalue weighted by Crippen LogP contribution is -2.38. The van der Waals surface area contributed by atoms with Crippen molar-refractivity contribution in [3.63, 3.8) is 0 Å². The van der Waals surface area contributed by atoms with Crippen LogP contribution in [-0.4, -0.2) is 38.3 Å². The van der Waals surface area contributed by atoms with Crippen LogP contribution < -0.4 is 5.32 Å². The third kappa shape index (κ3) is 6.25. The number of ether oxygens (including phenoxy) is 1. The molecule has 0 spiro atoms. The Kier molecular flexibility index (Phi) is 8.79. The van der Waals surface area contributed by atoms with E-state index in [-0.39, 0.29) is 27.7 Å². The maximum atomic E-state index is 13.9. The fourth-order valence-corrected chi connectivity index (χ4v) is 6.12. The van der Waals surface area contributed by atoms with E-state index in [1.165, 1.54) is 19.2 Å². The van der Waals surface area contributed by atoms with Gasteiger partial charge in [-0.2, -0.15) is 4.31 Å². The maximum Gasteiger partial charge on any atom is 0.339 e. The summed E-state index contributed by atoms with van der Waals surface area (Å²) in [6.07, 6.45) is 0. The van der Waals surface area contributed by atoms with E-state index in [1.54, 1.807) is 56.3 Å². The minimum Gasteiger partial charge on any atom is -0.465 e. The highest BCUT2D eigenvalue weighted by Crippen LogP contribution is 2.28. The van der Waals surface area contributed by atoms with Gasteiger partial charge in [-0.1, -0.05) is 59.1 Å². The number of nitrogens with one attached hydrogen (secondary N) is 1. The highest BCUT2D eigenvalue weighted by Gasteiger charge is 2.30. The Morgan fingerprint density at radius 2 is 1.58 bits per heavy atom. The van der Waals surface area contributed by atoms with Gasteiger partial charge in [0.15, 0.2) is 0 Å². The molecule has 190 valence electrons. The van der Waals surface area contributed by atoms with Crippen molar-refractivity contribution >= 4 is 50.8 Å². The minimum atomic E-state index is -4.11. The molecule has 3 rings (SSSR count). The largest absolute Gasteiger partial charge is 0.465 e. The summed E-state index contributed by atoms with van der Waals surface area (Å²) in [5.41, 5.74) is 2.99. The van der Waals surface area contributed by atoms with Crippen molar-refractivity contribution in [2.24, 2.45) is 0 Å². The van der Waals surface area contributed by atoms with E-state index in [4.69, 9.17) is 27.9 Å². The molecule has 0 aliphatic heterocycles. The number of anilines is 1. The first kappa shape index (κ1) is 27.7. The van der Waals surface area contributed by atoms with E-state index >= 15 is 0 Å². The molecule has 0 atom stereocenters. The number of carbonyl (C=O) groups is 2. The lowest BCUT2D eigenvalue weighted by Gasteiger charge is -2.24. The molecule has 0 aromatic heterocycles. The number of sulfonamides is 1. The van der Waals surface area contributed by atoms with Crippen molar-refractivity contribution in [2.75, 3.05) is 19.0 Å². The van der Waals surface area contributed by atoms with Crippen LogP contribution in [0.5, 0.6) is 0 Å². The molecule has 1 N–H and O–H groups in total. The minimum absolute atomic E-state index is 0.127. The number of hydrogen-bond donors (Lipinski definition) is 1. The number of carbonyl (C=O) groups excluding carboxylic acids is 2. The zero-order chi connectivity index (χ0) is 26.6. The Morgan fingerprint density at radius 3 is 2.19 bits per heavy atom. The Morgan fingerprint density at radius 1 is 0.944 bits per heavy atom. The third-order valence-electron chi connectivity index (χ3n) is 5.47. The van der Waals surface area contributed by atoms with E-state index in [0.717, 1.165) is 9.87 Å². The van der Waals surface area contributed by atoms with Crippen LogP contribution in [0.3, 0.4) is 0 Å². The van der Waals surface area contributed by atoms with Gasteiger partial charge in [-0.05, 0) is 61.7 Å². The number of benzene rings is 3. The van der Waals surface area contributed by atoms with Crippen LogP contribution in [-0.2, 0) is 26.1 Å². The normalized spacial score (nSPS) is 11.4. The van der Waals surface area contributed by atoms with Gasteiger partial charge in [0.05, 0.1) is 39.8 Å². The van der Waals surface area contributed by atoms with Crippen molar-refractivity contribution in [2.45, 2.75) is 32.2 Å². The molecule has 36 heavy (non-hydrogen) atoms. The lowest BCUT2D eigenvalue weighted by molar-refractivity contribution is -0.116. The van der Waals surface area contributed by atoms with Gasteiger partial charge in [0.25, 0.3) is 0 Å². The highest BCUT2D eigenvalue weighted by atomic mass is 35.5. The van der Waals surface area contributed by atoms with E-state index in [9.17, 15) is 18.0 Å². The van der Waals surface area contributed by atoms with Crippen LogP contribution in [0.25, 0.3) is 0 Å². The standard InChI is InChI=1S/C26H26Cl2N2O5S/c1-16-11-17(2)25(18(3)12-16)36(33,34)30(14-19-9-10-21(27)22(28)13-19)15-24(31)29-23-8-6-5-7-20(23)26(32)35-4/h5-13H,14-15H2,1-4H3,(H,29,31). The Labute approximate surface area is 221 Å². The number of hydrogen-bond acceptors (Lipinski definition) is 5. The number of para-hydroxylation sites is 1. The third-order valence-corrected chi connectivity index (χ3v) is 8.31. The van der Waals surface area contributed by atoms with Crippen molar-refractivity contribution in [1.82, 2.24) is 4.31 Å². The fraction of sp³-hybridized carbons (Fsp3) is 0.231. The van der Waals surface area contributed by atoms with E-state index in [0.29, 0.717) is 21.7 Å². The first-order valence-corrected chi connectivity index (χ1v) is 13.1. The first-order valence-electron chi connectivity index (χ1n) is 10.9. The molecule has 0 unspecified atom stereocenters. The van der Waals surface area contributed by atoms with Crippen molar-refractivity contribution in [3.8, 4) is 0 Å². The molecule has 0 fully saturated rings. The quantitative estimate of drug-likeness (QED) is 0.373. The number of esters is 1. The van der Waals surface area contributed by atoms with Crippen LogP contribution in [0.4, 0.5) is 5.69 Å². The molecule has 7 nitrogen and oxygen atoms in total. The molecule has 0 aliphatic rings. The topological polar surface area (TPSA) is 92.8 Å².